The maximum atomic E-state index is 14.0. The van der Waals surface area contributed by atoms with Gasteiger partial charge >= 0.3 is 0 Å². The molecule has 0 atom stereocenters. The molecule has 118 valence electrons. The average Bonchev–Trinajstić information content (AvgIpc) is 2.94. The first-order valence-corrected chi connectivity index (χ1v) is 6.57. The van der Waals surface area contributed by atoms with Gasteiger partial charge in [-0.25, -0.2) is 14.6 Å². The number of hydrogen-bond acceptors (Lipinski definition) is 4. The van der Waals surface area contributed by atoms with Gasteiger partial charge in [0.1, 0.15) is 17.4 Å². The van der Waals surface area contributed by atoms with Crippen LogP contribution in [0.3, 0.4) is 0 Å². The van der Waals surface area contributed by atoms with Gasteiger partial charge in [-0.3, -0.25) is 15.2 Å². The molecule has 0 radical (unpaired) electrons. The second-order valence-corrected chi connectivity index (χ2v) is 4.74. The number of carbonyl (C=O) groups excluding carboxylic acids is 1. The van der Waals surface area contributed by atoms with E-state index >= 15 is 0 Å². The molecule has 23 heavy (non-hydrogen) atoms. The largest absolute Gasteiger partial charge is 0.495 e. The van der Waals surface area contributed by atoms with E-state index in [0.29, 0.717) is 11.4 Å². The minimum atomic E-state index is -0.814. The molecule has 3 aromatic rings. The van der Waals surface area contributed by atoms with Crippen LogP contribution in [0, 0.1) is 11.6 Å². The number of hydrogen-bond donors (Lipinski definition) is 3. The molecule has 0 fully saturated rings. The number of methoxy groups -OCH3 is 1. The van der Waals surface area contributed by atoms with Gasteiger partial charge in [0, 0.05) is 11.5 Å². The van der Waals surface area contributed by atoms with Crippen LogP contribution >= 0.6 is 0 Å². The van der Waals surface area contributed by atoms with Crippen molar-refractivity contribution in [3.05, 3.63) is 47.7 Å². The van der Waals surface area contributed by atoms with Crippen LogP contribution in [0.2, 0.25) is 0 Å². The van der Waals surface area contributed by atoms with E-state index in [1.807, 2.05) is 5.43 Å². The fraction of sp³-hybridized carbons (Fsp3) is 0.0667. The van der Waals surface area contributed by atoms with Crippen LogP contribution in [-0.4, -0.2) is 23.0 Å². The van der Waals surface area contributed by atoms with Crippen molar-refractivity contribution in [3.8, 4) is 17.1 Å². The summed E-state index contributed by atoms with van der Waals surface area (Å²) >= 11 is 0. The van der Waals surface area contributed by atoms with Gasteiger partial charge in [0.05, 0.1) is 35.8 Å². The van der Waals surface area contributed by atoms with E-state index < -0.39 is 17.5 Å². The Labute approximate surface area is 129 Å². The van der Waals surface area contributed by atoms with Crippen LogP contribution in [0.5, 0.6) is 5.75 Å². The molecule has 3 rings (SSSR count). The number of rotatable bonds is 3. The highest BCUT2D eigenvalue weighted by Gasteiger charge is 2.22. The van der Waals surface area contributed by atoms with Gasteiger partial charge in [-0.05, 0) is 18.2 Å². The highest BCUT2D eigenvalue weighted by Crippen LogP contribution is 2.31. The Morgan fingerprint density at radius 2 is 2.13 bits per heavy atom. The fourth-order valence-electron chi connectivity index (χ4n) is 2.37. The number of nitrogens with two attached hydrogens (primary N) is 1. The molecule has 0 unspecified atom stereocenters. The van der Waals surface area contributed by atoms with Crippen LogP contribution in [0.25, 0.3) is 22.3 Å². The number of nitrogen functional groups attached to an aromatic ring is 1. The van der Waals surface area contributed by atoms with Gasteiger partial charge in [0.15, 0.2) is 0 Å². The molecular formula is C15H12F2N4O2. The third-order valence-corrected chi connectivity index (χ3v) is 3.41. The summed E-state index contributed by atoms with van der Waals surface area (Å²) in [5.74, 6) is 3.40. The summed E-state index contributed by atoms with van der Waals surface area (Å²) < 4.78 is 32.5. The van der Waals surface area contributed by atoms with Gasteiger partial charge < -0.3 is 9.72 Å². The molecule has 0 aliphatic carbocycles. The summed E-state index contributed by atoms with van der Waals surface area (Å²) in [6.45, 7) is 0. The van der Waals surface area contributed by atoms with Crippen LogP contribution in [0.15, 0.2) is 30.5 Å². The van der Waals surface area contributed by atoms with Crippen molar-refractivity contribution >= 4 is 16.8 Å². The molecule has 1 aromatic carbocycles. The second-order valence-electron chi connectivity index (χ2n) is 4.74. The van der Waals surface area contributed by atoms with Crippen molar-refractivity contribution in [3.63, 3.8) is 0 Å². The normalized spacial score (nSPS) is 10.8. The van der Waals surface area contributed by atoms with Crippen molar-refractivity contribution in [1.82, 2.24) is 15.4 Å². The predicted octanol–water partition coefficient (Wildman–Crippen LogP) is 2.12. The number of H-pyrrole nitrogens is 1. The van der Waals surface area contributed by atoms with Gasteiger partial charge in [0.2, 0.25) is 0 Å². The Balaban J connectivity index is 2.30. The Bertz CT molecular complexity index is 891. The number of amides is 1. The van der Waals surface area contributed by atoms with E-state index in [4.69, 9.17) is 10.6 Å². The molecule has 4 N–H and O–H groups in total. The van der Waals surface area contributed by atoms with Crippen LogP contribution < -0.4 is 16.0 Å². The van der Waals surface area contributed by atoms with Crippen molar-refractivity contribution < 1.29 is 18.3 Å². The van der Waals surface area contributed by atoms with E-state index in [9.17, 15) is 13.6 Å². The molecular weight excluding hydrogens is 306 g/mol. The smallest absolute Gasteiger partial charge is 0.268 e. The lowest BCUT2D eigenvalue weighted by molar-refractivity contribution is 0.0956. The summed E-state index contributed by atoms with van der Waals surface area (Å²) in [6.07, 6.45) is 1.45. The number of pyridine rings is 1. The Morgan fingerprint density at radius 3 is 2.74 bits per heavy atom. The predicted molar refractivity (Wildman–Crippen MR) is 79.7 cm³/mol. The Morgan fingerprint density at radius 1 is 1.35 bits per heavy atom. The molecule has 2 aromatic heterocycles. The number of carbonyl (C=O) groups is 1. The van der Waals surface area contributed by atoms with Gasteiger partial charge in [-0.2, -0.15) is 0 Å². The number of aromatic nitrogens is 2. The van der Waals surface area contributed by atoms with Crippen molar-refractivity contribution in [2.24, 2.45) is 5.84 Å². The number of ether oxygens (including phenoxy) is 1. The maximum absolute atomic E-state index is 14.0. The van der Waals surface area contributed by atoms with E-state index in [-0.39, 0.29) is 22.2 Å². The van der Waals surface area contributed by atoms with E-state index in [2.05, 4.69) is 9.97 Å². The zero-order valence-corrected chi connectivity index (χ0v) is 12.0. The molecule has 0 saturated heterocycles. The lowest BCUT2D eigenvalue weighted by Gasteiger charge is -2.04. The summed E-state index contributed by atoms with van der Waals surface area (Å²) in [4.78, 5) is 19.0. The van der Waals surface area contributed by atoms with Crippen LogP contribution in [0.1, 0.15) is 10.4 Å². The first kappa shape index (κ1) is 14.9. The second kappa shape index (κ2) is 5.65. The Hall–Kier alpha value is -3.00. The first-order valence-electron chi connectivity index (χ1n) is 6.57. The van der Waals surface area contributed by atoms with E-state index in [1.165, 1.54) is 13.3 Å². The summed E-state index contributed by atoms with van der Waals surface area (Å²) in [6, 6.07) is 5.01. The number of nitrogens with zero attached hydrogens (tertiary/aromatic N) is 1. The summed E-state index contributed by atoms with van der Waals surface area (Å²) in [7, 11) is 1.49. The number of fused-ring (bicyclic) bond motifs is 1. The molecule has 0 bridgehead atoms. The number of benzene rings is 1. The quantitative estimate of drug-likeness (QED) is 0.392. The minimum Gasteiger partial charge on any atom is -0.495 e. The third-order valence-electron chi connectivity index (χ3n) is 3.41. The Kier molecular flexibility index (Phi) is 3.67. The average molecular weight is 318 g/mol. The highest BCUT2D eigenvalue weighted by atomic mass is 19.1. The molecule has 2 heterocycles. The topological polar surface area (TPSA) is 93.0 Å². The molecule has 0 saturated carbocycles. The van der Waals surface area contributed by atoms with Gasteiger partial charge in [-0.1, -0.05) is 0 Å². The molecule has 0 spiro atoms. The molecule has 6 nitrogen and oxygen atoms in total. The first-order chi connectivity index (χ1) is 11.0. The van der Waals surface area contributed by atoms with Crippen molar-refractivity contribution in [2.75, 3.05) is 7.11 Å². The number of aromatic amines is 1. The third kappa shape index (κ3) is 2.49. The van der Waals surface area contributed by atoms with Crippen LogP contribution in [0.4, 0.5) is 8.78 Å². The van der Waals surface area contributed by atoms with Gasteiger partial charge in [0.25, 0.3) is 5.91 Å². The van der Waals surface area contributed by atoms with Gasteiger partial charge in [-0.15, -0.1) is 0 Å². The highest BCUT2D eigenvalue weighted by molar-refractivity contribution is 6.12. The van der Waals surface area contributed by atoms with Crippen LogP contribution in [-0.2, 0) is 0 Å². The zero-order valence-electron chi connectivity index (χ0n) is 12.0. The molecule has 0 aliphatic heterocycles. The molecule has 8 heteroatoms. The lowest BCUT2D eigenvalue weighted by atomic mass is 10.1. The lowest BCUT2D eigenvalue weighted by Crippen LogP contribution is -2.30. The maximum Gasteiger partial charge on any atom is 0.268 e. The minimum absolute atomic E-state index is 0.00221. The van der Waals surface area contributed by atoms with Crippen molar-refractivity contribution in [1.29, 1.82) is 0 Å². The van der Waals surface area contributed by atoms with E-state index in [1.54, 1.807) is 12.1 Å². The van der Waals surface area contributed by atoms with E-state index in [0.717, 1.165) is 12.1 Å². The fourth-order valence-corrected chi connectivity index (χ4v) is 2.37. The number of nitrogens with one attached hydrogen (secondary N) is 2. The SMILES string of the molecule is COc1ccc(-c2[nH]c3c(F)cc(F)cc3c2C(=O)NN)nc1. The summed E-state index contributed by atoms with van der Waals surface area (Å²) in [5.41, 5.74) is 2.58. The molecule has 1 amide bonds. The monoisotopic (exact) mass is 318 g/mol. The zero-order chi connectivity index (χ0) is 16.6. The number of halogens is 2. The standard InChI is InChI=1S/C15H12F2N4O2/c1-23-8-2-3-11(19-6-8)14-12(15(22)21-18)9-4-7(16)5-10(17)13(9)20-14/h2-6,20H,18H2,1H3,(H,21,22). The number of hydrazine groups is 1. The van der Waals surface area contributed by atoms with Crippen molar-refractivity contribution in [2.45, 2.75) is 0 Å². The summed E-state index contributed by atoms with van der Waals surface area (Å²) in [5, 5.41) is 0.0815. The molecule has 0 aliphatic rings.